The summed E-state index contributed by atoms with van der Waals surface area (Å²) in [6.45, 7) is 6.22. The van der Waals surface area contributed by atoms with Crippen LogP contribution in [0.25, 0.3) is 10.9 Å². The summed E-state index contributed by atoms with van der Waals surface area (Å²) < 4.78 is 13.5. The first-order valence-corrected chi connectivity index (χ1v) is 11.8. The lowest BCUT2D eigenvalue weighted by molar-refractivity contribution is 0.322. The van der Waals surface area contributed by atoms with E-state index in [9.17, 15) is 0 Å². The van der Waals surface area contributed by atoms with Crippen LogP contribution in [0.4, 0.5) is 0 Å². The molecule has 0 N–H and O–H groups in total. The Morgan fingerprint density at radius 1 is 1.00 bits per heavy atom. The molecule has 0 fully saturated rings. The number of nitrogens with zero attached hydrogens (tertiary/aromatic N) is 1. The molecule has 0 saturated carbocycles. The Bertz CT molecular complexity index is 746. The third kappa shape index (κ3) is 6.24. The summed E-state index contributed by atoms with van der Waals surface area (Å²) >= 11 is 2.14. The van der Waals surface area contributed by atoms with Crippen molar-refractivity contribution in [3.8, 4) is 5.75 Å². The normalized spacial score (nSPS) is 10.4. The van der Waals surface area contributed by atoms with E-state index in [4.69, 9.17) is 8.92 Å². The van der Waals surface area contributed by atoms with Crippen LogP contribution >= 0.6 is 30.4 Å². The first-order chi connectivity index (χ1) is 12.4. The van der Waals surface area contributed by atoms with Gasteiger partial charge in [0.1, 0.15) is 5.75 Å². The van der Waals surface area contributed by atoms with Gasteiger partial charge < -0.3 is 13.5 Å². The predicted octanol–water partition coefficient (Wildman–Crippen LogP) is 6.30. The van der Waals surface area contributed by atoms with E-state index in [0.29, 0.717) is 13.2 Å². The van der Waals surface area contributed by atoms with Gasteiger partial charge in [0.2, 0.25) is 0 Å². The Labute approximate surface area is 166 Å². The highest BCUT2D eigenvalue weighted by Gasteiger charge is 2.04. The van der Waals surface area contributed by atoms with Crippen LogP contribution in [0.5, 0.6) is 5.75 Å². The second-order valence-electron chi connectivity index (χ2n) is 5.20. The number of ether oxygens (including phenoxy) is 1. The van der Waals surface area contributed by atoms with Crippen molar-refractivity contribution in [2.75, 3.05) is 13.2 Å². The zero-order valence-electron chi connectivity index (χ0n) is 14.7. The molecule has 0 aliphatic rings. The zero-order chi connectivity index (χ0) is 17.9. The minimum absolute atomic E-state index is 0.685. The molecule has 0 aliphatic heterocycles. The molecule has 0 radical (unpaired) electrons. The topological polar surface area (TPSA) is 23.4 Å². The highest BCUT2D eigenvalue weighted by atomic mass is 127. The summed E-state index contributed by atoms with van der Waals surface area (Å²) in [7, 11) is 1.37. The lowest BCUT2D eigenvalue weighted by atomic mass is 10.2. The summed E-state index contributed by atoms with van der Waals surface area (Å²) in [5.41, 5.74) is 2.48. The van der Waals surface area contributed by atoms with Crippen molar-refractivity contribution in [2.45, 2.75) is 26.8 Å². The summed E-state index contributed by atoms with van der Waals surface area (Å²) in [5, 5.41) is 1.22. The van der Waals surface area contributed by atoms with Gasteiger partial charge in [-0.25, -0.2) is 0 Å². The fourth-order valence-electron chi connectivity index (χ4n) is 2.55. The van der Waals surface area contributed by atoms with Gasteiger partial charge in [0, 0.05) is 46.4 Å². The molecule has 5 heteroatoms. The second-order valence-corrected chi connectivity index (χ2v) is 6.64. The number of fused-ring (bicyclic) bond motifs is 1. The molecule has 0 unspecified atom stereocenters. The van der Waals surface area contributed by atoms with Crippen molar-refractivity contribution in [1.82, 2.24) is 4.57 Å². The minimum atomic E-state index is 0.685. The van der Waals surface area contributed by atoms with Crippen molar-refractivity contribution < 1.29 is 8.92 Å². The maximum absolute atomic E-state index is 5.92. The molecule has 25 heavy (non-hydrogen) atoms. The molecular formula is C20H24INO2S. The van der Waals surface area contributed by atoms with E-state index in [0.717, 1.165) is 18.7 Å². The van der Waals surface area contributed by atoms with E-state index in [1.165, 1.54) is 25.7 Å². The van der Waals surface area contributed by atoms with Gasteiger partial charge in [0.15, 0.2) is 0 Å². The zero-order valence-corrected chi connectivity index (χ0v) is 17.6. The number of hydrogen-bond acceptors (Lipinski definition) is 3. The van der Waals surface area contributed by atoms with Gasteiger partial charge >= 0.3 is 0 Å². The van der Waals surface area contributed by atoms with Crippen molar-refractivity contribution in [1.29, 1.82) is 0 Å². The van der Waals surface area contributed by atoms with Gasteiger partial charge in [-0.15, -0.1) is 0 Å². The molecule has 3 nitrogen and oxygen atoms in total. The Hall–Kier alpha value is -1.18. The Balaban J connectivity index is 0.00000109. The van der Waals surface area contributed by atoms with Gasteiger partial charge in [-0.05, 0) is 29.1 Å². The number of rotatable bonds is 8. The highest BCUT2D eigenvalue weighted by molar-refractivity contribution is 14.2. The summed E-state index contributed by atoms with van der Waals surface area (Å²) in [5.74, 6) is 0.914. The third-order valence-corrected chi connectivity index (χ3v) is 4.73. The molecule has 1 aromatic heterocycles. The van der Waals surface area contributed by atoms with Crippen LogP contribution in [0.3, 0.4) is 0 Å². The standard InChI is InChI=1S/C18H18INO2S.C2H6/c19-23-22-13-11-20-10-8-16-6-7-17(14-18(16)20)21-12-9-15-4-2-1-3-5-15;1-2/h1-8,10,14H,9,11-13H2;1-2H3. The van der Waals surface area contributed by atoms with Crippen molar-refractivity contribution in [2.24, 2.45) is 0 Å². The summed E-state index contributed by atoms with van der Waals surface area (Å²) in [4.78, 5) is 0. The summed E-state index contributed by atoms with van der Waals surface area (Å²) in [6, 6.07) is 18.8. The van der Waals surface area contributed by atoms with Crippen molar-refractivity contribution in [3.05, 3.63) is 66.4 Å². The molecular weight excluding hydrogens is 445 g/mol. The van der Waals surface area contributed by atoms with E-state index in [-0.39, 0.29) is 0 Å². The number of benzene rings is 2. The Kier molecular flexibility index (Phi) is 9.21. The van der Waals surface area contributed by atoms with Gasteiger partial charge in [0.05, 0.1) is 27.9 Å². The minimum Gasteiger partial charge on any atom is -0.493 e. The largest absolute Gasteiger partial charge is 0.493 e. The van der Waals surface area contributed by atoms with E-state index in [2.05, 4.69) is 74.4 Å². The quantitative estimate of drug-likeness (QED) is 0.220. The fraction of sp³-hybridized carbons (Fsp3) is 0.300. The average Bonchev–Trinajstić information content (AvgIpc) is 3.07. The first kappa shape index (κ1) is 20.1. The SMILES string of the molecule is CC.ISOCCn1ccc2ccc(OCCc3ccccc3)cc21. The molecule has 0 atom stereocenters. The monoisotopic (exact) mass is 469 g/mol. The maximum atomic E-state index is 5.92. The predicted molar refractivity (Wildman–Crippen MR) is 116 cm³/mol. The Morgan fingerprint density at radius 3 is 2.56 bits per heavy atom. The summed E-state index contributed by atoms with van der Waals surface area (Å²) in [6.07, 6.45) is 3.01. The van der Waals surface area contributed by atoms with E-state index < -0.39 is 0 Å². The van der Waals surface area contributed by atoms with Crippen LogP contribution in [0.15, 0.2) is 60.8 Å². The van der Waals surface area contributed by atoms with Crippen molar-refractivity contribution in [3.63, 3.8) is 0 Å². The third-order valence-electron chi connectivity index (χ3n) is 3.71. The number of hydrogen-bond donors (Lipinski definition) is 0. The molecule has 2 aromatic carbocycles. The van der Waals surface area contributed by atoms with Crippen LogP contribution in [-0.2, 0) is 17.1 Å². The van der Waals surface area contributed by atoms with E-state index >= 15 is 0 Å². The molecule has 0 aliphatic carbocycles. The number of halogens is 1. The van der Waals surface area contributed by atoms with Gasteiger partial charge in [-0.1, -0.05) is 44.2 Å². The van der Waals surface area contributed by atoms with Crippen LogP contribution in [0.1, 0.15) is 19.4 Å². The van der Waals surface area contributed by atoms with Crippen LogP contribution < -0.4 is 4.74 Å². The average molecular weight is 469 g/mol. The van der Waals surface area contributed by atoms with Crippen LogP contribution in [0.2, 0.25) is 0 Å². The molecule has 1 heterocycles. The lowest BCUT2D eigenvalue weighted by Gasteiger charge is -2.09. The lowest BCUT2D eigenvalue weighted by Crippen LogP contribution is -2.03. The smallest absolute Gasteiger partial charge is 0.121 e. The molecule has 0 spiro atoms. The molecule has 0 saturated heterocycles. The van der Waals surface area contributed by atoms with E-state index in [1.54, 1.807) is 0 Å². The van der Waals surface area contributed by atoms with Crippen LogP contribution in [-0.4, -0.2) is 17.8 Å². The Morgan fingerprint density at radius 2 is 1.80 bits per heavy atom. The van der Waals surface area contributed by atoms with Gasteiger partial charge in [-0.3, -0.25) is 0 Å². The second kappa shape index (κ2) is 11.4. The van der Waals surface area contributed by atoms with Gasteiger partial charge in [-0.2, -0.15) is 0 Å². The molecule has 0 bridgehead atoms. The maximum Gasteiger partial charge on any atom is 0.121 e. The molecule has 0 amide bonds. The van der Waals surface area contributed by atoms with Crippen LogP contribution in [0, 0.1) is 0 Å². The van der Waals surface area contributed by atoms with E-state index in [1.807, 2.05) is 26.0 Å². The molecule has 3 rings (SSSR count). The first-order valence-electron chi connectivity index (χ1n) is 8.52. The highest BCUT2D eigenvalue weighted by Crippen LogP contribution is 2.23. The van der Waals surface area contributed by atoms with Crippen molar-refractivity contribution >= 4 is 41.3 Å². The fourth-order valence-corrected chi connectivity index (χ4v) is 3.22. The molecule has 3 aromatic rings. The molecule has 134 valence electrons. The van der Waals surface area contributed by atoms with Gasteiger partial charge in [0.25, 0.3) is 0 Å². The number of aromatic nitrogens is 1.